The molecule has 0 bridgehead atoms. The maximum absolute atomic E-state index is 10.5. The van der Waals surface area contributed by atoms with Crippen LogP contribution in [0.4, 0.5) is 11.4 Å². The molecule has 0 aliphatic rings. The number of carboxylic acid groups (broad SMARTS) is 1. The lowest BCUT2D eigenvalue weighted by molar-refractivity contribution is -0.395. The van der Waals surface area contributed by atoms with Gasteiger partial charge in [-0.1, -0.05) is 0 Å². The summed E-state index contributed by atoms with van der Waals surface area (Å²) in [6, 6.07) is 1.47. The Labute approximate surface area is 88.4 Å². The Balaban J connectivity index is 3.57. The fraction of sp³-hybridized carbons (Fsp3) is 0.125. The predicted molar refractivity (Wildman–Crippen MR) is 48.8 cm³/mol. The molecule has 0 N–H and O–H groups in total. The molecule has 0 unspecified atom stereocenters. The van der Waals surface area contributed by atoms with Crippen LogP contribution in [0.2, 0.25) is 0 Å². The van der Waals surface area contributed by atoms with Crippen LogP contribution in [0.15, 0.2) is 12.1 Å². The van der Waals surface area contributed by atoms with Gasteiger partial charge in [0, 0.05) is 17.7 Å². The summed E-state index contributed by atoms with van der Waals surface area (Å²) in [6.45, 7) is 1.18. The van der Waals surface area contributed by atoms with Crippen LogP contribution in [0.3, 0.4) is 0 Å². The van der Waals surface area contributed by atoms with Crippen LogP contribution in [0.25, 0.3) is 0 Å². The van der Waals surface area contributed by atoms with Gasteiger partial charge in [0.25, 0.3) is 11.4 Å². The fourth-order valence-electron chi connectivity index (χ4n) is 1.18. The summed E-state index contributed by atoms with van der Waals surface area (Å²) in [5, 5.41) is 31.6. The van der Waals surface area contributed by atoms with Crippen LogP contribution in [0, 0.1) is 27.2 Å². The van der Waals surface area contributed by atoms with E-state index < -0.39 is 32.8 Å². The number of benzene rings is 1. The average Bonchev–Trinajstić information content (AvgIpc) is 2.16. The maximum Gasteiger partial charge on any atom is 0.279 e. The maximum atomic E-state index is 10.5. The van der Waals surface area contributed by atoms with E-state index in [4.69, 9.17) is 0 Å². The number of nitro benzene ring substituents is 2. The highest BCUT2D eigenvalue weighted by Gasteiger charge is 2.23. The first kappa shape index (κ1) is 11.6. The lowest BCUT2D eigenvalue weighted by Gasteiger charge is -2.04. The molecule has 8 nitrogen and oxygen atoms in total. The Morgan fingerprint density at radius 1 is 1.12 bits per heavy atom. The second-order valence-electron chi connectivity index (χ2n) is 2.94. The van der Waals surface area contributed by atoms with Gasteiger partial charge in [0.05, 0.1) is 15.8 Å². The minimum absolute atomic E-state index is 0.194. The second kappa shape index (κ2) is 3.93. The van der Waals surface area contributed by atoms with Crippen molar-refractivity contribution in [2.24, 2.45) is 0 Å². The van der Waals surface area contributed by atoms with E-state index in [0.29, 0.717) is 0 Å². The molecular weight excluding hydrogens is 220 g/mol. The highest BCUT2D eigenvalue weighted by atomic mass is 16.6. The summed E-state index contributed by atoms with van der Waals surface area (Å²) in [5.41, 5.74) is -2.02. The third-order valence-corrected chi connectivity index (χ3v) is 1.98. The SMILES string of the molecule is Cc1c([N+](=O)[O-])cc(C(=O)[O-])cc1[N+](=O)[O-]. The molecule has 1 aromatic carbocycles. The predicted octanol–water partition coefficient (Wildman–Crippen LogP) is 0.175. The van der Waals surface area contributed by atoms with E-state index in [9.17, 15) is 30.1 Å². The van der Waals surface area contributed by atoms with Gasteiger partial charge in [-0.3, -0.25) is 20.2 Å². The summed E-state index contributed by atoms with van der Waals surface area (Å²) in [5.74, 6) is -1.70. The van der Waals surface area contributed by atoms with Crippen molar-refractivity contribution in [2.75, 3.05) is 0 Å². The molecule has 16 heavy (non-hydrogen) atoms. The molecule has 0 spiro atoms. The Hall–Kier alpha value is -2.51. The van der Waals surface area contributed by atoms with Gasteiger partial charge < -0.3 is 9.90 Å². The van der Waals surface area contributed by atoms with Crippen molar-refractivity contribution in [3.05, 3.63) is 43.5 Å². The zero-order valence-electron chi connectivity index (χ0n) is 8.00. The van der Waals surface area contributed by atoms with Gasteiger partial charge in [-0.15, -0.1) is 0 Å². The third-order valence-electron chi connectivity index (χ3n) is 1.98. The second-order valence-corrected chi connectivity index (χ2v) is 2.94. The molecule has 0 amide bonds. The van der Waals surface area contributed by atoms with E-state index in [1.165, 1.54) is 6.92 Å². The van der Waals surface area contributed by atoms with Crippen LogP contribution in [-0.4, -0.2) is 15.8 Å². The Kier molecular flexibility index (Phi) is 2.84. The zero-order chi connectivity index (χ0) is 12.5. The van der Waals surface area contributed by atoms with Gasteiger partial charge in [0.15, 0.2) is 0 Å². The largest absolute Gasteiger partial charge is 0.545 e. The summed E-state index contributed by atoms with van der Waals surface area (Å²) in [7, 11) is 0. The number of nitrogens with zero attached hydrogens (tertiary/aromatic N) is 2. The molecule has 0 radical (unpaired) electrons. The minimum Gasteiger partial charge on any atom is -0.545 e. The smallest absolute Gasteiger partial charge is 0.279 e. The van der Waals surface area contributed by atoms with Gasteiger partial charge in [0.1, 0.15) is 5.56 Å². The van der Waals surface area contributed by atoms with Crippen molar-refractivity contribution in [2.45, 2.75) is 6.92 Å². The summed E-state index contributed by atoms with van der Waals surface area (Å²) in [6.07, 6.45) is 0. The van der Waals surface area contributed by atoms with Crippen LogP contribution < -0.4 is 5.11 Å². The van der Waals surface area contributed by atoms with Crippen molar-refractivity contribution in [3.63, 3.8) is 0 Å². The van der Waals surface area contributed by atoms with Crippen LogP contribution in [0.1, 0.15) is 15.9 Å². The van der Waals surface area contributed by atoms with Gasteiger partial charge in [-0.05, 0) is 6.92 Å². The molecule has 0 atom stereocenters. The van der Waals surface area contributed by atoms with E-state index >= 15 is 0 Å². The standard InChI is InChI=1S/C8H6N2O6/c1-4-6(9(13)14)2-5(8(11)12)3-7(4)10(15)16/h2-3H,1H3,(H,11,12)/p-1. The third kappa shape index (κ3) is 1.95. The number of carbonyl (C=O) groups excluding carboxylic acids is 1. The molecule has 0 fully saturated rings. The molecule has 0 aromatic heterocycles. The topological polar surface area (TPSA) is 126 Å². The molecule has 1 aromatic rings. The molecule has 84 valence electrons. The molecule has 1 rings (SSSR count). The minimum atomic E-state index is -1.70. The fourth-order valence-corrected chi connectivity index (χ4v) is 1.18. The van der Waals surface area contributed by atoms with Gasteiger partial charge in [-0.2, -0.15) is 0 Å². The van der Waals surface area contributed by atoms with Crippen LogP contribution in [0.5, 0.6) is 0 Å². The first-order valence-electron chi connectivity index (χ1n) is 3.99. The normalized spacial score (nSPS) is 9.81. The first-order chi connectivity index (χ1) is 7.34. The number of nitro groups is 2. The quantitative estimate of drug-likeness (QED) is 0.533. The van der Waals surface area contributed by atoms with Gasteiger partial charge >= 0.3 is 0 Å². The van der Waals surface area contributed by atoms with E-state index in [0.717, 1.165) is 12.1 Å². The molecule has 0 saturated carbocycles. The monoisotopic (exact) mass is 225 g/mol. The number of carbonyl (C=O) groups is 1. The number of carboxylic acids is 1. The van der Waals surface area contributed by atoms with Crippen molar-refractivity contribution in [1.82, 2.24) is 0 Å². The lowest BCUT2D eigenvalue weighted by Crippen LogP contribution is -2.22. The van der Waals surface area contributed by atoms with Gasteiger partial charge in [0.2, 0.25) is 0 Å². The van der Waals surface area contributed by atoms with Crippen molar-refractivity contribution < 1.29 is 19.7 Å². The molecule has 0 aliphatic carbocycles. The lowest BCUT2D eigenvalue weighted by atomic mass is 10.1. The summed E-state index contributed by atoms with van der Waals surface area (Å²) in [4.78, 5) is 29.8. The highest BCUT2D eigenvalue weighted by molar-refractivity contribution is 5.88. The number of rotatable bonds is 3. The Bertz CT molecular complexity index is 460. The van der Waals surface area contributed by atoms with Crippen LogP contribution in [-0.2, 0) is 0 Å². The molecule has 0 saturated heterocycles. The highest BCUT2D eigenvalue weighted by Crippen LogP contribution is 2.28. The zero-order valence-corrected chi connectivity index (χ0v) is 8.00. The Morgan fingerprint density at radius 3 is 1.75 bits per heavy atom. The van der Waals surface area contributed by atoms with Crippen molar-refractivity contribution in [1.29, 1.82) is 0 Å². The van der Waals surface area contributed by atoms with E-state index in [-0.39, 0.29) is 5.56 Å². The van der Waals surface area contributed by atoms with E-state index in [1.54, 1.807) is 0 Å². The van der Waals surface area contributed by atoms with Crippen molar-refractivity contribution >= 4 is 17.3 Å². The Morgan fingerprint density at radius 2 is 1.50 bits per heavy atom. The van der Waals surface area contributed by atoms with E-state index in [2.05, 4.69) is 0 Å². The number of hydrogen-bond donors (Lipinski definition) is 0. The molecule has 0 heterocycles. The summed E-state index contributed by atoms with van der Waals surface area (Å²) < 4.78 is 0. The van der Waals surface area contributed by atoms with Gasteiger partial charge in [-0.25, -0.2) is 0 Å². The van der Waals surface area contributed by atoms with E-state index in [1.807, 2.05) is 0 Å². The molecular formula is C8H5N2O6-. The van der Waals surface area contributed by atoms with Crippen LogP contribution >= 0.6 is 0 Å². The van der Waals surface area contributed by atoms with Crippen molar-refractivity contribution in [3.8, 4) is 0 Å². The number of hydrogen-bond acceptors (Lipinski definition) is 6. The molecule has 8 heteroatoms. The molecule has 0 aliphatic heterocycles. The summed E-state index contributed by atoms with van der Waals surface area (Å²) >= 11 is 0. The number of aromatic carboxylic acids is 1. The average molecular weight is 225 g/mol. The first-order valence-corrected chi connectivity index (χ1v) is 3.99.